The molecule has 1 aromatic heterocycles. The number of nitrogens with one attached hydrogen (secondary N) is 4. The summed E-state index contributed by atoms with van der Waals surface area (Å²) in [5, 5.41) is 10.8. The van der Waals surface area contributed by atoms with Crippen molar-refractivity contribution in [3.8, 4) is 0 Å². The number of H-pyrrole nitrogens is 1. The predicted octanol–water partition coefficient (Wildman–Crippen LogP) is 1.09. The van der Waals surface area contributed by atoms with E-state index in [1.165, 1.54) is 20.4 Å². The number of rotatable bonds is 13. The average Bonchev–Trinajstić information content (AvgIpc) is 3.66. The first-order chi connectivity index (χ1) is 19.4. The number of hydrogen-bond donors (Lipinski definition) is 4. The Balaban J connectivity index is 1.65. The van der Waals surface area contributed by atoms with E-state index in [-0.39, 0.29) is 37.2 Å². The number of carbonyl (C=O) groups excluding carboxylic acids is 4. The van der Waals surface area contributed by atoms with Crippen LogP contribution in [0.1, 0.15) is 31.0 Å². The molecule has 0 aliphatic carbocycles. The van der Waals surface area contributed by atoms with Gasteiger partial charge in [-0.25, -0.2) is 9.78 Å². The van der Waals surface area contributed by atoms with Crippen molar-refractivity contribution < 1.29 is 23.9 Å². The molecule has 1 aliphatic rings. The number of amides is 2. The lowest BCUT2D eigenvalue weighted by molar-refractivity contribution is -0.145. The van der Waals surface area contributed by atoms with Gasteiger partial charge in [-0.1, -0.05) is 42.5 Å². The zero-order chi connectivity index (χ0) is 28.5. The van der Waals surface area contributed by atoms with Gasteiger partial charge in [0.05, 0.1) is 38.1 Å². The van der Waals surface area contributed by atoms with E-state index in [1.807, 2.05) is 47.4 Å². The SMILES string of the molecule is COC(=O)[C@H](CNC(C)=O)NC(=O)CN(Cc1cccc2ccccc12)C(C(=O)Cc1c[nH]cn1)[C@@H]1CCCN1. The van der Waals surface area contributed by atoms with E-state index in [4.69, 9.17) is 4.74 Å². The van der Waals surface area contributed by atoms with Gasteiger partial charge in [0.25, 0.3) is 0 Å². The molecule has 4 N–H and O–H groups in total. The molecule has 1 fully saturated rings. The molecule has 0 spiro atoms. The molecule has 0 bridgehead atoms. The van der Waals surface area contributed by atoms with E-state index in [0.29, 0.717) is 12.2 Å². The highest BCUT2D eigenvalue weighted by Crippen LogP contribution is 2.24. The summed E-state index contributed by atoms with van der Waals surface area (Å²) in [5.41, 5.74) is 1.60. The molecule has 1 aliphatic heterocycles. The minimum atomic E-state index is -1.07. The topological polar surface area (TPSA) is 146 Å². The van der Waals surface area contributed by atoms with Crippen LogP contribution in [-0.4, -0.2) is 83.3 Å². The number of nitrogens with zero attached hydrogens (tertiary/aromatic N) is 2. The lowest BCUT2D eigenvalue weighted by Crippen LogP contribution is -2.57. The van der Waals surface area contributed by atoms with Gasteiger partial charge in [-0.3, -0.25) is 19.3 Å². The van der Waals surface area contributed by atoms with Gasteiger partial charge in [-0.15, -0.1) is 0 Å². The van der Waals surface area contributed by atoms with Crippen LogP contribution in [0.2, 0.25) is 0 Å². The van der Waals surface area contributed by atoms with Crippen molar-refractivity contribution in [2.24, 2.45) is 0 Å². The molecule has 11 heteroatoms. The molecule has 2 amide bonds. The van der Waals surface area contributed by atoms with Gasteiger partial charge in [0.2, 0.25) is 11.8 Å². The van der Waals surface area contributed by atoms with Gasteiger partial charge in [0.15, 0.2) is 5.78 Å². The Morgan fingerprint density at radius 2 is 1.95 bits per heavy atom. The summed E-state index contributed by atoms with van der Waals surface area (Å²) < 4.78 is 4.83. The van der Waals surface area contributed by atoms with Crippen LogP contribution in [-0.2, 0) is 36.9 Å². The molecule has 1 unspecified atom stereocenters. The zero-order valence-corrected chi connectivity index (χ0v) is 22.8. The number of esters is 1. The Bertz CT molecular complexity index is 1320. The fraction of sp³-hybridized carbons (Fsp3) is 0.414. The molecule has 3 aromatic rings. The van der Waals surface area contributed by atoms with E-state index in [9.17, 15) is 19.2 Å². The summed E-state index contributed by atoms with van der Waals surface area (Å²) in [6.45, 7) is 2.19. The van der Waals surface area contributed by atoms with Gasteiger partial charge >= 0.3 is 5.97 Å². The highest BCUT2D eigenvalue weighted by Gasteiger charge is 2.37. The largest absolute Gasteiger partial charge is 0.467 e. The highest BCUT2D eigenvalue weighted by atomic mass is 16.5. The van der Waals surface area contributed by atoms with Gasteiger partial charge in [0, 0.05) is 32.3 Å². The lowest BCUT2D eigenvalue weighted by Gasteiger charge is -2.35. The summed E-state index contributed by atoms with van der Waals surface area (Å²) >= 11 is 0. The Hall–Kier alpha value is -4.09. The molecule has 11 nitrogen and oxygen atoms in total. The van der Waals surface area contributed by atoms with Crippen LogP contribution >= 0.6 is 0 Å². The van der Waals surface area contributed by atoms with Crippen molar-refractivity contribution in [2.45, 2.75) is 50.9 Å². The van der Waals surface area contributed by atoms with Crippen LogP contribution in [0.15, 0.2) is 55.0 Å². The molecule has 212 valence electrons. The van der Waals surface area contributed by atoms with Crippen molar-refractivity contribution in [3.05, 3.63) is 66.2 Å². The molecule has 0 saturated carbocycles. The maximum absolute atomic E-state index is 13.8. The number of methoxy groups -OCH3 is 1. The number of imidazole rings is 1. The Morgan fingerprint density at radius 1 is 1.15 bits per heavy atom. The molecular formula is C29H36N6O5. The average molecular weight is 549 g/mol. The number of ether oxygens (including phenoxy) is 1. The number of fused-ring (bicyclic) bond motifs is 1. The number of aromatic nitrogens is 2. The number of carbonyl (C=O) groups is 4. The molecule has 40 heavy (non-hydrogen) atoms. The van der Waals surface area contributed by atoms with E-state index in [1.54, 1.807) is 6.20 Å². The molecule has 1 saturated heterocycles. The van der Waals surface area contributed by atoms with E-state index < -0.39 is 24.0 Å². The summed E-state index contributed by atoms with van der Waals surface area (Å²) in [6.07, 6.45) is 5.06. The van der Waals surface area contributed by atoms with Gasteiger partial charge in [0.1, 0.15) is 6.04 Å². The van der Waals surface area contributed by atoms with Crippen molar-refractivity contribution in [3.63, 3.8) is 0 Å². The molecular weight excluding hydrogens is 512 g/mol. The third-order valence-electron chi connectivity index (χ3n) is 7.09. The first-order valence-corrected chi connectivity index (χ1v) is 13.4. The summed E-state index contributed by atoms with van der Waals surface area (Å²) in [6, 6.07) is 12.1. The first kappa shape index (κ1) is 28.9. The molecule has 3 atom stereocenters. The fourth-order valence-corrected chi connectivity index (χ4v) is 5.24. The Kier molecular flexibility index (Phi) is 9.98. The minimum absolute atomic E-state index is 0.0534. The maximum Gasteiger partial charge on any atom is 0.330 e. The smallest absolute Gasteiger partial charge is 0.330 e. The first-order valence-electron chi connectivity index (χ1n) is 13.4. The molecule has 0 radical (unpaired) electrons. The molecule has 2 heterocycles. The van der Waals surface area contributed by atoms with Crippen LogP contribution in [0, 0.1) is 0 Å². The minimum Gasteiger partial charge on any atom is -0.467 e. The van der Waals surface area contributed by atoms with Crippen molar-refractivity contribution in [1.29, 1.82) is 0 Å². The molecule has 4 rings (SSSR count). The van der Waals surface area contributed by atoms with E-state index in [2.05, 4.69) is 25.9 Å². The van der Waals surface area contributed by atoms with Gasteiger partial charge < -0.3 is 25.7 Å². The monoisotopic (exact) mass is 548 g/mol. The third kappa shape index (κ3) is 7.51. The van der Waals surface area contributed by atoms with Crippen molar-refractivity contribution in [1.82, 2.24) is 30.8 Å². The molecule has 2 aromatic carbocycles. The van der Waals surface area contributed by atoms with E-state index >= 15 is 0 Å². The normalized spacial score (nSPS) is 16.4. The van der Waals surface area contributed by atoms with E-state index in [0.717, 1.165) is 35.7 Å². The van der Waals surface area contributed by atoms with Crippen LogP contribution in [0.4, 0.5) is 0 Å². The second-order valence-corrected chi connectivity index (χ2v) is 9.97. The Labute approximate surface area is 233 Å². The van der Waals surface area contributed by atoms with Crippen molar-refractivity contribution in [2.75, 3.05) is 26.7 Å². The summed E-state index contributed by atoms with van der Waals surface area (Å²) in [7, 11) is 1.22. The summed E-state index contributed by atoms with van der Waals surface area (Å²) in [5.74, 6) is -1.53. The van der Waals surface area contributed by atoms with Crippen LogP contribution in [0.25, 0.3) is 10.8 Å². The number of aromatic amines is 1. The highest BCUT2D eigenvalue weighted by molar-refractivity contribution is 5.90. The van der Waals surface area contributed by atoms with Crippen LogP contribution in [0.3, 0.4) is 0 Å². The second kappa shape index (κ2) is 13.8. The number of Topliss-reactive ketones (excluding diaryl/α,β-unsaturated/α-hetero) is 1. The third-order valence-corrected chi connectivity index (χ3v) is 7.09. The van der Waals surface area contributed by atoms with Crippen molar-refractivity contribution >= 4 is 34.3 Å². The fourth-order valence-electron chi connectivity index (χ4n) is 5.24. The second-order valence-electron chi connectivity index (χ2n) is 9.97. The Morgan fingerprint density at radius 3 is 2.65 bits per heavy atom. The maximum atomic E-state index is 13.8. The van der Waals surface area contributed by atoms with Crippen LogP contribution in [0.5, 0.6) is 0 Å². The van der Waals surface area contributed by atoms with Gasteiger partial charge in [-0.05, 0) is 35.7 Å². The van der Waals surface area contributed by atoms with Crippen LogP contribution < -0.4 is 16.0 Å². The summed E-state index contributed by atoms with van der Waals surface area (Å²) in [4.78, 5) is 60.0. The number of benzene rings is 2. The number of ketones is 1. The standard InChI is InChI=1S/C29H36N6O5/c1-19(36)32-15-25(29(39)40-2)34-27(38)17-35(16-21-9-5-8-20-7-3-4-10-23(20)21)28(24-11-6-12-31-24)26(37)13-22-14-30-18-33-22/h3-5,7-10,14,18,24-25,28,31H,6,11-13,15-17H2,1-2H3,(H,30,33)(H,32,36)(H,34,38)/t24-,25-,28?/m0/s1. The zero-order valence-electron chi connectivity index (χ0n) is 22.8. The number of hydrogen-bond acceptors (Lipinski definition) is 8. The predicted molar refractivity (Wildman–Crippen MR) is 149 cm³/mol. The lowest BCUT2D eigenvalue weighted by atomic mass is 9.95. The quantitative estimate of drug-likeness (QED) is 0.232. The van der Waals surface area contributed by atoms with Gasteiger partial charge in [-0.2, -0.15) is 0 Å².